The molecule has 34 heavy (non-hydrogen) atoms. The zero-order valence-electron chi connectivity index (χ0n) is 18.9. The lowest BCUT2D eigenvalue weighted by Crippen LogP contribution is -2.33. The van der Waals surface area contributed by atoms with Gasteiger partial charge in [-0.2, -0.15) is 10.4 Å². The molecule has 2 aromatic rings. The van der Waals surface area contributed by atoms with Crippen LogP contribution in [0.4, 0.5) is 0 Å². The van der Waals surface area contributed by atoms with Gasteiger partial charge >= 0.3 is 0 Å². The third-order valence-electron chi connectivity index (χ3n) is 4.49. The van der Waals surface area contributed by atoms with Gasteiger partial charge in [0.2, 0.25) is 0 Å². The van der Waals surface area contributed by atoms with Crippen molar-refractivity contribution in [3.05, 3.63) is 55.4 Å². The summed E-state index contributed by atoms with van der Waals surface area (Å²) in [6.45, 7) is 3.25. The Balaban J connectivity index is 2.16. The maximum Gasteiger partial charge on any atom is 0.269 e. The van der Waals surface area contributed by atoms with Gasteiger partial charge in [0, 0.05) is 22.8 Å². The lowest BCUT2D eigenvalue weighted by Gasteiger charge is -2.15. The van der Waals surface area contributed by atoms with Crippen molar-refractivity contribution in [3.8, 4) is 17.6 Å². The van der Waals surface area contributed by atoms with E-state index in [-0.39, 0.29) is 25.3 Å². The van der Waals surface area contributed by atoms with E-state index in [4.69, 9.17) is 19.9 Å². The highest BCUT2D eigenvalue weighted by molar-refractivity contribution is 9.10. The molecule has 11 nitrogen and oxygen atoms in total. The van der Waals surface area contributed by atoms with Gasteiger partial charge in [-0.05, 0) is 53.5 Å². The van der Waals surface area contributed by atoms with Gasteiger partial charge in [-0.25, -0.2) is 5.43 Å². The van der Waals surface area contributed by atoms with Gasteiger partial charge in [-0.15, -0.1) is 0 Å². The first-order valence-electron chi connectivity index (χ1n) is 10.0. The molecular formula is C22H24BrN5O6. The van der Waals surface area contributed by atoms with Crippen LogP contribution in [0.15, 0.2) is 32.6 Å². The highest BCUT2D eigenvalue weighted by Gasteiger charge is 2.19. The van der Waals surface area contributed by atoms with Crippen LogP contribution in [-0.2, 0) is 27.5 Å². The molecule has 0 saturated heterocycles. The standard InChI is InChI=1S/C22H24BrN5O6/c1-4-33-18-7-14(5-6-17(18)34-12-19(25)29)9-26-27-20(30)10-28-13(2)21(23)16(11-32-3)15(8-24)22(28)31/h5-7,9H,4,10-12H2,1-3H3,(H2,25,29)(H,27,30)/b26-9-. The van der Waals surface area contributed by atoms with E-state index >= 15 is 0 Å². The fourth-order valence-corrected chi connectivity index (χ4v) is 3.47. The second-order valence-electron chi connectivity index (χ2n) is 6.88. The normalized spacial score (nSPS) is 10.7. The Morgan fingerprint density at radius 3 is 2.68 bits per heavy atom. The molecule has 1 aromatic heterocycles. The first-order valence-corrected chi connectivity index (χ1v) is 10.8. The van der Waals surface area contributed by atoms with E-state index in [1.165, 1.54) is 17.9 Å². The lowest BCUT2D eigenvalue weighted by molar-refractivity contribution is -0.122. The van der Waals surface area contributed by atoms with E-state index in [0.717, 1.165) is 0 Å². The quantitative estimate of drug-likeness (QED) is 0.325. The van der Waals surface area contributed by atoms with Crippen LogP contribution in [0.3, 0.4) is 0 Å². The van der Waals surface area contributed by atoms with Crippen molar-refractivity contribution in [2.24, 2.45) is 10.8 Å². The maximum atomic E-state index is 12.7. The minimum atomic E-state index is -0.618. The maximum absolute atomic E-state index is 12.7. The molecule has 0 spiro atoms. The van der Waals surface area contributed by atoms with E-state index in [1.54, 1.807) is 32.0 Å². The van der Waals surface area contributed by atoms with Crippen LogP contribution >= 0.6 is 15.9 Å². The Kier molecular flexibility index (Phi) is 9.78. The predicted molar refractivity (Wildman–Crippen MR) is 127 cm³/mol. The first kappa shape index (κ1) is 26.6. The summed E-state index contributed by atoms with van der Waals surface area (Å²) in [5.41, 5.74) is 8.24. The second-order valence-corrected chi connectivity index (χ2v) is 7.67. The molecule has 0 atom stereocenters. The summed E-state index contributed by atoms with van der Waals surface area (Å²) in [6, 6.07) is 6.73. The number of ether oxygens (including phenoxy) is 3. The molecular weight excluding hydrogens is 510 g/mol. The number of benzene rings is 1. The van der Waals surface area contributed by atoms with Crippen molar-refractivity contribution in [2.75, 3.05) is 20.3 Å². The summed E-state index contributed by atoms with van der Waals surface area (Å²) in [5, 5.41) is 13.3. The molecule has 0 aliphatic carbocycles. The minimum Gasteiger partial charge on any atom is -0.490 e. The summed E-state index contributed by atoms with van der Waals surface area (Å²) in [4.78, 5) is 36.1. The Morgan fingerprint density at radius 2 is 2.06 bits per heavy atom. The number of nitrogens with two attached hydrogens (primary N) is 1. The third-order valence-corrected chi connectivity index (χ3v) is 5.54. The molecule has 2 amide bonds. The number of carbonyl (C=O) groups is 2. The Hall–Kier alpha value is -3.69. The van der Waals surface area contributed by atoms with Gasteiger partial charge in [-0.3, -0.25) is 14.4 Å². The van der Waals surface area contributed by atoms with Crippen molar-refractivity contribution in [3.63, 3.8) is 0 Å². The SMILES string of the molecule is CCOc1cc(/C=N\NC(=O)Cn2c(C)c(Br)c(COC)c(C#N)c2=O)ccc1OCC(N)=O. The van der Waals surface area contributed by atoms with Crippen LogP contribution in [0.5, 0.6) is 11.5 Å². The van der Waals surface area contributed by atoms with Crippen molar-refractivity contribution in [1.82, 2.24) is 9.99 Å². The second kappa shape index (κ2) is 12.5. The Bertz CT molecular complexity index is 1200. The first-order chi connectivity index (χ1) is 16.2. The molecule has 0 radical (unpaired) electrons. The number of nitrogens with zero attached hydrogens (tertiary/aromatic N) is 3. The van der Waals surface area contributed by atoms with Crippen LogP contribution in [-0.4, -0.2) is 42.9 Å². The number of nitrogens with one attached hydrogen (secondary N) is 1. The van der Waals surface area contributed by atoms with Crippen LogP contribution in [0.25, 0.3) is 0 Å². The van der Waals surface area contributed by atoms with Gasteiger partial charge < -0.3 is 24.5 Å². The molecule has 1 heterocycles. The van der Waals surface area contributed by atoms with Crippen molar-refractivity contribution in [2.45, 2.75) is 27.0 Å². The van der Waals surface area contributed by atoms with Gasteiger partial charge in [-0.1, -0.05) is 0 Å². The van der Waals surface area contributed by atoms with Crippen molar-refractivity contribution >= 4 is 34.0 Å². The molecule has 2 rings (SSSR count). The van der Waals surface area contributed by atoms with Crippen LogP contribution in [0.1, 0.15) is 29.3 Å². The molecule has 0 bridgehead atoms. The van der Waals surface area contributed by atoms with Gasteiger partial charge in [0.15, 0.2) is 18.1 Å². The van der Waals surface area contributed by atoms with Crippen molar-refractivity contribution < 1.29 is 23.8 Å². The molecule has 0 fully saturated rings. The summed E-state index contributed by atoms with van der Waals surface area (Å²) in [5.74, 6) is -0.464. The topological polar surface area (TPSA) is 158 Å². The molecule has 180 valence electrons. The number of hydrazone groups is 1. The summed E-state index contributed by atoms with van der Waals surface area (Å²) in [7, 11) is 1.46. The van der Waals surface area contributed by atoms with Crippen molar-refractivity contribution in [1.29, 1.82) is 5.26 Å². The number of primary amides is 1. The van der Waals surface area contributed by atoms with Crippen LogP contribution in [0, 0.1) is 18.3 Å². The Labute approximate surface area is 204 Å². The van der Waals surface area contributed by atoms with Gasteiger partial charge in [0.1, 0.15) is 18.2 Å². The smallest absolute Gasteiger partial charge is 0.269 e. The number of pyridine rings is 1. The molecule has 0 unspecified atom stereocenters. The van der Waals surface area contributed by atoms with Gasteiger partial charge in [0.05, 0.1) is 19.4 Å². The molecule has 0 aliphatic rings. The number of hydrogen-bond acceptors (Lipinski definition) is 8. The zero-order chi connectivity index (χ0) is 25.3. The lowest BCUT2D eigenvalue weighted by atomic mass is 10.1. The van der Waals surface area contributed by atoms with E-state index in [9.17, 15) is 19.6 Å². The number of rotatable bonds is 11. The Morgan fingerprint density at radius 1 is 1.32 bits per heavy atom. The summed E-state index contributed by atoms with van der Waals surface area (Å²) < 4.78 is 17.6. The fourth-order valence-electron chi connectivity index (χ4n) is 2.95. The van der Waals surface area contributed by atoms with Gasteiger partial charge in [0.25, 0.3) is 17.4 Å². The summed E-state index contributed by atoms with van der Waals surface area (Å²) in [6.07, 6.45) is 1.38. The predicted octanol–water partition coefficient (Wildman–Crippen LogP) is 1.35. The monoisotopic (exact) mass is 533 g/mol. The number of aromatic nitrogens is 1. The van der Waals surface area contributed by atoms with E-state index in [2.05, 4.69) is 26.5 Å². The zero-order valence-corrected chi connectivity index (χ0v) is 20.5. The highest BCUT2D eigenvalue weighted by atomic mass is 79.9. The summed E-state index contributed by atoms with van der Waals surface area (Å²) >= 11 is 3.38. The van der Waals surface area contributed by atoms with E-state index < -0.39 is 17.4 Å². The fraction of sp³-hybridized carbons (Fsp3) is 0.318. The van der Waals surface area contributed by atoms with Crippen LogP contribution in [0.2, 0.25) is 0 Å². The molecule has 1 aromatic carbocycles. The average molecular weight is 534 g/mol. The van der Waals surface area contributed by atoms with E-state index in [1.807, 2.05) is 6.07 Å². The number of amides is 2. The number of nitriles is 1. The highest BCUT2D eigenvalue weighted by Crippen LogP contribution is 2.28. The number of carbonyl (C=O) groups excluding carboxylic acids is 2. The number of hydrogen-bond donors (Lipinski definition) is 2. The number of halogens is 1. The molecule has 0 saturated carbocycles. The van der Waals surface area contributed by atoms with E-state index in [0.29, 0.717) is 39.4 Å². The molecule has 3 N–H and O–H groups in total. The third kappa shape index (κ3) is 6.66. The van der Waals surface area contributed by atoms with Crippen LogP contribution < -0.4 is 26.2 Å². The molecule has 12 heteroatoms. The largest absolute Gasteiger partial charge is 0.490 e. The average Bonchev–Trinajstić information content (AvgIpc) is 2.80. The minimum absolute atomic E-state index is 0.0764. The number of methoxy groups -OCH3 is 1. The molecule has 0 aliphatic heterocycles.